The van der Waals surface area contributed by atoms with Crippen molar-refractivity contribution >= 4 is 21.6 Å². The molecule has 5 heteroatoms. The summed E-state index contributed by atoms with van der Waals surface area (Å²) in [6, 6.07) is 6.74. The van der Waals surface area contributed by atoms with E-state index in [4.69, 9.17) is 4.74 Å². The number of ether oxygens (including phenoxy) is 1. The van der Waals surface area contributed by atoms with Gasteiger partial charge in [0, 0.05) is 29.3 Å². The minimum absolute atomic E-state index is 0.0759. The predicted molar refractivity (Wildman–Crippen MR) is 80.7 cm³/mol. The summed E-state index contributed by atoms with van der Waals surface area (Å²) in [7, 11) is 1.96. The molecular weight excluding hydrogens is 308 g/mol. The van der Waals surface area contributed by atoms with Crippen molar-refractivity contribution in [3.8, 4) is 0 Å². The molecule has 2 rings (SSSR count). The van der Waals surface area contributed by atoms with Gasteiger partial charge in [0.05, 0.1) is 19.3 Å². The number of morpholine rings is 1. The van der Waals surface area contributed by atoms with Crippen molar-refractivity contribution in [2.45, 2.75) is 19.1 Å². The first-order valence-electron chi connectivity index (χ1n) is 6.59. The Labute approximate surface area is 122 Å². The lowest BCUT2D eigenvalue weighted by Crippen LogP contribution is -2.44. The lowest BCUT2D eigenvalue weighted by molar-refractivity contribution is 0.00356. The molecule has 2 atom stereocenters. The number of halogens is 1. The molecule has 1 aromatic carbocycles. The summed E-state index contributed by atoms with van der Waals surface area (Å²) < 4.78 is 6.59. The van der Waals surface area contributed by atoms with Gasteiger partial charge >= 0.3 is 0 Å². The van der Waals surface area contributed by atoms with Gasteiger partial charge in [-0.2, -0.15) is 0 Å². The SMILES string of the molecule is CNC(C)c1ccc(N2CCOC(CO)C2)cc1Br. The van der Waals surface area contributed by atoms with Crippen molar-refractivity contribution in [2.24, 2.45) is 0 Å². The highest BCUT2D eigenvalue weighted by Crippen LogP contribution is 2.29. The first-order valence-corrected chi connectivity index (χ1v) is 7.39. The quantitative estimate of drug-likeness (QED) is 0.886. The highest BCUT2D eigenvalue weighted by Gasteiger charge is 2.20. The molecule has 0 radical (unpaired) electrons. The van der Waals surface area contributed by atoms with Gasteiger partial charge in [0.2, 0.25) is 0 Å². The molecule has 1 aliphatic heterocycles. The van der Waals surface area contributed by atoms with Gasteiger partial charge in [-0.25, -0.2) is 0 Å². The fourth-order valence-electron chi connectivity index (χ4n) is 2.28. The molecule has 2 unspecified atom stereocenters. The van der Waals surface area contributed by atoms with Crippen molar-refractivity contribution in [2.75, 3.05) is 38.3 Å². The van der Waals surface area contributed by atoms with Gasteiger partial charge in [0.25, 0.3) is 0 Å². The standard InChI is InChI=1S/C14H21BrN2O2/c1-10(16-2)13-4-3-11(7-14(13)15)17-5-6-19-12(8-17)9-18/h3-4,7,10,12,16,18H,5-6,8-9H2,1-2H3. The Morgan fingerprint density at radius 1 is 1.58 bits per heavy atom. The molecule has 0 aliphatic carbocycles. The smallest absolute Gasteiger partial charge is 0.0980 e. The number of rotatable bonds is 4. The second kappa shape index (κ2) is 6.70. The van der Waals surface area contributed by atoms with E-state index in [9.17, 15) is 5.11 Å². The first-order chi connectivity index (χ1) is 9.15. The molecule has 1 saturated heterocycles. The van der Waals surface area contributed by atoms with Gasteiger partial charge in [-0.3, -0.25) is 0 Å². The molecule has 0 aromatic heterocycles. The molecule has 0 bridgehead atoms. The van der Waals surface area contributed by atoms with Crippen LogP contribution in [0.2, 0.25) is 0 Å². The predicted octanol–water partition coefficient (Wildman–Crippen LogP) is 1.93. The van der Waals surface area contributed by atoms with Crippen molar-refractivity contribution < 1.29 is 9.84 Å². The normalized spacial score (nSPS) is 21.5. The number of benzene rings is 1. The second-order valence-corrected chi connectivity index (χ2v) is 5.69. The van der Waals surface area contributed by atoms with Crippen LogP contribution in [0.3, 0.4) is 0 Å². The average Bonchev–Trinajstić information content (AvgIpc) is 2.46. The fourth-order valence-corrected chi connectivity index (χ4v) is 2.99. The molecule has 106 valence electrons. The molecule has 1 aliphatic rings. The summed E-state index contributed by atoms with van der Waals surface area (Å²) in [6.07, 6.45) is -0.0802. The van der Waals surface area contributed by atoms with E-state index in [0.29, 0.717) is 12.6 Å². The van der Waals surface area contributed by atoms with Crippen LogP contribution in [0.1, 0.15) is 18.5 Å². The highest BCUT2D eigenvalue weighted by atomic mass is 79.9. The number of aliphatic hydroxyl groups is 1. The van der Waals surface area contributed by atoms with Crippen molar-refractivity contribution in [3.63, 3.8) is 0 Å². The number of aliphatic hydroxyl groups excluding tert-OH is 1. The van der Waals surface area contributed by atoms with Gasteiger partial charge in [-0.05, 0) is 31.7 Å². The van der Waals surface area contributed by atoms with Crippen LogP contribution in [0.25, 0.3) is 0 Å². The van der Waals surface area contributed by atoms with Crippen LogP contribution >= 0.6 is 15.9 Å². The van der Waals surface area contributed by atoms with Crippen LogP contribution in [-0.4, -0.2) is 44.6 Å². The van der Waals surface area contributed by atoms with Crippen molar-refractivity contribution in [1.29, 1.82) is 0 Å². The minimum atomic E-state index is -0.0802. The van der Waals surface area contributed by atoms with E-state index in [1.54, 1.807) is 0 Å². The highest BCUT2D eigenvalue weighted by molar-refractivity contribution is 9.10. The number of anilines is 1. The topological polar surface area (TPSA) is 44.7 Å². The van der Waals surface area contributed by atoms with Crippen molar-refractivity contribution in [1.82, 2.24) is 5.32 Å². The molecule has 4 nitrogen and oxygen atoms in total. The van der Waals surface area contributed by atoms with E-state index in [-0.39, 0.29) is 12.7 Å². The summed E-state index contributed by atoms with van der Waals surface area (Å²) in [5.41, 5.74) is 2.42. The molecule has 1 aromatic rings. The summed E-state index contributed by atoms with van der Waals surface area (Å²) in [5, 5.41) is 12.4. The molecular formula is C14H21BrN2O2. The van der Waals surface area contributed by atoms with Gasteiger partial charge in [-0.15, -0.1) is 0 Å². The molecule has 1 heterocycles. The van der Waals surface area contributed by atoms with E-state index in [2.05, 4.69) is 51.3 Å². The zero-order valence-corrected chi connectivity index (χ0v) is 13.0. The lowest BCUT2D eigenvalue weighted by atomic mass is 10.1. The third-order valence-electron chi connectivity index (χ3n) is 3.59. The van der Waals surface area contributed by atoms with Crippen LogP contribution in [0.5, 0.6) is 0 Å². The molecule has 0 amide bonds. The van der Waals surface area contributed by atoms with E-state index in [1.807, 2.05) is 7.05 Å². The number of nitrogens with zero attached hydrogens (tertiary/aromatic N) is 1. The minimum Gasteiger partial charge on any atom is -0.394 e. The zero-order valence-electron chi connectivity index (χ0n) is 11.4. The maximum atomic E-state index is 9.19. The second-order valence-electron chi connectivity index (χ2n) is 4.84. The zero-order chi connectivity index (χ0) is 13.8. The van der Waals surface area contributed by atoms with E-state index < -0.39 is 0 Å². The Kier molecular flexibility index (Phi) is 5.21. The summed E-state index contributed by atoms with van der Waals surface area (Å²) in [4.78, 5) is 2.25. The third kappa shape index (κ3) is 3.48. The number of hydrogen-bond acceptors (Lipinski definition) is 4. The van der Waals surface area contributed by atoms with Gasteiger partial charge in [-0.1, -0.05) is 22.0 Å². The Morgan fingerprint density at radius 2 is 2.37 bits per heavy atom. The first kappa shape index (κ1) is 14.8. The Balaban J connectivity index is 2.15. The summed E-state index contributed by atoms with van der Waals surface area (Å²) in [6.45, 7) is 4.48. The Bertz CT molecular complexity index is 428. The van der Waals surface area contributed by atoms with E-state index in [1.165, 1.54) is 11.3 Å². The molecule has 0 spiro atoms. The Morgan fingerprint density at radius 3 is 3.00 bits per heavy atom. The molecule has 2 N–H and O–H groups in total. The number of nitrogens with one attached hydrogen (secondary N) is 1. The monoisotopic (exact) mass is 328 g/mol. The van der Waals surface area contributed by atoms with Gasteiger partial charge in [0.15, 0.2) is 0 Å². The molecule has 1 fully saturated rings. The van der Waals surface area contributed by atoms with Crippen LogP contribution in [-0.2, 0) is 4.74 Å². The maximum Gasteiger partial charge on any atom is 0.0980 e. The lowest BCUT2D eigenvalue weighted by Gasteiger charge is -2.34. The van der Waals surface area contributed by atoms with Gasteiger partial charge in [0.1, 0.15) is 0 Å². The van der Waals surface area contributed by atoms with Crippen LogP contribution < -0.4 is 10.2 Å². The average molecular weight is 329 g/mol. The largest absolute Gasteiger partial charge is 0.394 e. The van der Waals surface area contributed by atoms with E-state index >= 15 is 0 Å². The van der Waals surface area contributed by atoms with Crippen molar-refractivity contribution in [3.05, 3.63) is 28.2 Å². The van der Waals surface area contributed by atoms with Crippen LogP contribution in [0, 0.1) is 0 Å². The van der Waals surface area contributed by atoms with E-state index in [0.717, 1.165) is 17.6 Å². The summed E-state index contributed by atoms with van der Waals surface area (Å²) in [5.74, 6) is 0. The van der Waals surface area contributed by atoms with Crippen LogP contribution in [0.15, 0.2) is 22.7 Å². The molecule has 0 saturated carbocycles. The van der Waals surface area contributed by atoms with Crippen LogP contribution in [0.4, 0.5) is 5.69 Å². The maximum absolute atomic E-state index is 9.19. The third-order valence-corrected chi connectivity index (χ3v) is 4.28. The fraction of sp³-hybridized carbons (Fsp3) is 0.571. The van der Waals surface area contributed by atoms with Gasteiger partial charge < -0.3 is 20.1 Å². The summed E-state index contributed by atoms with van der Waals surface area (Å²) >= 11 is 3.64. The molecule has 19 heavy (non-hydrogen) atoms. The Hall–Kier alpha value is -0.620. The number of hydrogen-bond donors (Lipinski definition) is 2.